The van der Waals surface area contributed by atoms with Gasteiger partial charge >= 0.3 is 0 Å². The number of nitrogens with zero attached hydrogens (tertiary/aromatic N) is 3. The number of benzene rings is 1. The fraction of sp³-hybridized carbons (Fsp3) is 0.100. The highest BCUT2D eigenvalue weighted by Crippen LogP contribution is 2.15. The summed E-state index contributed by atoms with van der Waals surface area (Å²) in [5.41, 5.74) is 4.23. The van der Waals surface area contributed by atoms with Gasteiger partial charge in [0.15, 0.2) is 5.84 Å². The van der Waals surface area contributed by atoms with Crippen molar-refractivity contribution in [1.29, 1.82) is 0 Å². The summed E-state index contributed by atoms with van der Waals surface area (Å²) in [7, 11) is 0. The molecule has 0 fully saturated rings. The molecule has 3 N–H and O–H groups in total. The summed E-state index contributed by atoms with van der Waals surface area (Å²) < 4.78 is 3.85. The molecule has 1 aromatic heterocycles. The average molecular weight is 233 g/mol. The van der Waals surface area contributed by atoms with E-state index in [0.717, 1.165) is 16.3 Å². The normalized spacial score (nSPS) is 11.5. The summed E-state index contributed by atoms with van der Waals surface area (Å²) in [5, 5.41) is 3.92. The molecular formula is C10H11N5S. The van der Waals surface area contributed by atoms with Crippen molar-refractivity contribution in [2.75, 3.05) is 0 Å². The van der Waals surface area contributed by atoms with Gasteiger partial charge in [0.1, 0.15) is 4.88 Å². The predicted molar refractivity (Wildman–Crippen MR) is 64.6 cm³/mol. The highest BCUT2D eigenvalue weighted by Gasteiger charge is 2.09. The summed E-state index contributed by atoms with van der Waals surface area (Å²) in [6.45, 7) is 1.87. The maximum Gasteiger partial charge on any atom is 0.161 e. The molecule has 0 spiro atoms. The van der Waals surface area contributed by atoms with Crippen LogP contribution < -0.4 is 11.3 Å². The number of rotatable bonds is 2. The number of amidine groups is 1. The highest BCUT2D eigenvalue weighted by molar-refractivity contribution is 7.08. The van der Waals surface area contributed by atoms with E-state index in [1.54, 1.807) is 0 Å². The van der Waals surface area contributed by atoms with E-state index in [9.17, 15) is 0 Å². The predicted octanol–water partition coefficient (Wildman–Crippen LogP) is 1.39. The Kier molecular flexibility index (Phi) is 3.23. The number of aryl methyl sites for hydroxylation is 1. The molecule has 0 amide bonds. The maximum absolute atomic E-state index is 5.45. The van der Waals surface area contributed by atoms with Crippen LogP contribution in [0.5, 0.6) is 0 Å². The van der Waals surface area contributed by atoms with Gasteiger partial charge in [-0.05, 0) is 30.6 Å². The lowest BCUT2D eigenvalue weighted by Gasteiger charge is -2.02. The van der Waals surface area contributed by atoms with Crippen LogP contribution in [-0.2, 0) is 0 Å². The van der Waals surface area contributed by atoms with Crippen LogP contribution in [0.4, 0.5) is 5.69 Å². The minimum Gasteiger partial charge on any atom is -0.307 e. The first-order valence-electron chi connectivity index (χ1n) is 4.71. The first-order valence-corrected chi connectivity index (χ1v) is 5.48. The van der Waals surface area contributed by atoms with Gasteiger partial charge in [0.05, 0.1) is 11.4 Å². The van der Waals surface area contributed by atoms with Gasteiger partial charge in [-0.1, -0.05) is 22.7 Å². The van der Waals surface area contributed by atoms with E-state index >= 15 is 0 Å². The Morgan fingerprint density at radius 3 is 2.69 bits per heavy atom. The highest BCUT2D eigenvalue weighted by atomic mass is 32.1. The van der Waals surface area contributed by atoms with E-state index in [1.807, 2.05) is 37.3 Å². The van der Waals surface area contributed by atoms with Gasteiger partial charge < -0.3 is 5.43 Å². The SMILES string of the molecule is Cc1nnsc1C(=Nc1ccccc1)NN. The van der Waals surface area contributed by atoms with Crippen LogP contribution in [0.25, 0.3) is 0 Å². The van der Waals surface area contributed by atoms with E-state index < -0.39 is 0 Å². The van der Waals surface area contributed by atoms with Crippen LogP contribution in [0.2, 0.25) is 0 Å². The number of hydrogen-bond acceptors (Lipinski definition) is 5. The van der Waals surface area contributed by atoms with E-state index in [-0.39, 0.29) is 0 Å². The molecule has 0 unspecified atom stereocenters. The molecule has 0 atom stereocenters. The van der Waals surface area contributed by atoms with E-state index in [2.05, 4.69) is 20.0 Å². The van der Waals surface area contributed by atoms with Crippen molar-refractivity contribution in [1.82, 2.24) is 15.0 Å². The summed E-state index contributed by atoms with van der Waals surface area (Å²) in [6.07, 6.45) is 0. The minimum atomic E-state index is 0.582. The molecule has 0 radical (unpaired) electrons. The van der Waals surface area contributed by atoms with Gasteiger partial charge in [0.2, 0.25) is 0 Å². The Bertz CT molecular complexity index is 491. The molecule has 16 heavy (non-hydrogen) atoms. The van der Waals surface area contributed by atoms with E-state index in [4.69, 9.17) is 5.84 Å². The van der Waals surface area contributed by atoms with Crippen LogP contribution in [0.3, 0.4) is 0 Å². The number of nitrogens with two attached hydrogens (primary N) is 1. The molecule has 2 aromatic rings. The third kappa shape index (κ3) is 2.23. The molecule has 1 heterocycles. The summed E-state index contributed by atoms with van der Waals surface area (Å²) in [6, 6.07) is 9.59. The third-order valence-corrected chi connectivity index (χ3v) is 2.84. The molecule has 0 bridgehead atoms. The van der Waals surface area contributed by atoms with E-state index in [0.29, 0.717) is 5.84 Å². The lowest BCUT2D eigenvalue weighted by atomic mass is 10.3. The zero-order chi connectivity index (χ0) is 11.4. The van der Waals surface area contributed by atoms with Crippen molar-refractivity contribution in [3.05, 3.63) is 40.9 Å². The van der Waals surface area contributed by atoms with Crippen LogP contribution in [0.1, 0.15) is 10.6 Å². The van der Waals surface area contributed by atoms with Crippen molar-refractivity contribution < 1.29 is 0 Å². The van der Waals surface area contributed by atoms with Crippen LogP contribution in [-0.4, -0.2) is 15.4 Å². The third-order valence-electron chi connectivity index (χ3n) is 2.00. The number of nitrogens with one attached hydrogen (secondary N) is 1. The number of aromatic nitrogens is 2. The van der Waals surface area contributed by atoms with Crippen LogP contribution >= 0.6 is 11.5 Å². The summed E-state index contributed by atoms with van der Waals surface area (Å²) in [4.78, 5) is 5.24. The number of hydrazine groups is 1. The molecule has 0 saturated heterocycles. The van der Waals surface area contributed by atoms with Crippen LogP contribution in [0, 0.1) is 6.92 Å². The minimum absolute atomic E-state index is 0.582. The fourth-order valence-corrected chi connectivity index (χ4v) is 1.84. The lowest BCUT2D eigenvalue weighted by molar-refractivity contribution is 1.02. The monoisotopic (exact) mass is 233 g/mol. The van der Waals surface area contributed by atoms with Gasteiger partial charge in [-0.15, -0.1) is 5.10 Å². The Hall–Kier alpha value is -1.79. The Morgan fingerprint density at radius 1 is 1.38 bits per heavy atom. The maximum atomic E-state index is 5.45. The first kappa shape index (κ1) is 10.7. The van der Waals surface area contributed by atoms with Crippen molar-refractivity contribution in [3.8, 4) is 0 Å². The first-order chi connectivity index (χ1) is 7.81. The second-order valence-corrected chi connectivity index (χ2v) is 3.88. The quantitative estimate of drug-likeness (QED) is 0.356. The average Bonchev–Trinajstić information content (AvgIpc) is 2.74. The molecule has 2 rings (SSSR count). The van der Waals surface area contributed by atoms with Crippen molar-refractivity contribution >= 4 is 23.1 Å². The lowest BCUT2D eigenvalue weighted by Crippen LogP contribution is -2.30. The number of aliphatic imine (C=N–C) groups is 1. The Balaban J connectivity index is 2.37. The molecule has 0 aliphatic carbocycles. The molecule has 6 heteroatoms. The van der Waals surface area contributed by atoms with Gasteiger partial charge in [0.25, 0.3) is 0 Å². The number of para-hydroxylation sites is 1. The van der Waals surface area contributed by atoms with Crippen molar-refractivity contribution in [2.24, 2.45) is 10.8 Å². The van der Waals surface area contributed by atoms with Crippen LogP contribution in [0.15, 0.2) is 35.3 Å². The molecule has 0 aliphatic heterocycles. The fourth-order valence-electron chi connectivity index (χ4n) is 1.23. The molecule has 82 valence electrons. The summed E-state index contributed by atoms with van der Waals surface area (Å²) >= 11 is 1.27. The standard InChI is InChI=1S/C10H11N5S/c1-7-9(16-15-14-7)10(13-11)12-8-5-3-2-4-6-8/h2-6H,11H2,1H3,(H,12,13). The molecule has 1 aromatic carbocycles. The summed E-state index contributed by atoms with van der Waals surface area (Å²) in [5.74, 6) is 6.03. The Morgan fingerprint density at radius 2 is 2.12 bits per heavy atom. The number of hydrogen-bond donors (Lipinski definition) is 2. The molecule has 0 aliphatic rings. The van der Waals surface area contributed by atoms with E-state index in [1.165, 1.54) is 11.5 Å². The largest absolute Gasteiger partial charge is 0.307 e. The topological polar surface area (TPSA) is 76.2 Å². The molecular weight excluding hydrogens is 222 g/mol. The zero-order valence-corrected chi connectivity index (χ0v) is 9.53. The zero-order valence-electron chi connectivity index (χ0n) is 8.71. The second kappa shape index (κ2) is 4.82. The van der Waals surface area contributed by atoms with Crippen molar-refractivity contribution in [2.45, 2.75) is 6.92 Å². The Labute approximate surface area is 97.2 Å². The van der Waals surface area contributed by atoms with Gasteiger partial charge in [-0.3, -0.25) is 0 Å². The molecule has 5 nitrogen and oxygen atoms in total. The van der Waals surface area contributed by atoms with Gasteiger partial charge in [0, 0.05) is 0 Å². The van der Waals surface area contributed by atoms with Gasteiger partial charge in [-0.25, -0.2) is 10.8 Å². The van der Waals surface area contributed by atoms with Crippen molar-refractivity contribution in [3.63, 3.8) is 0 Å². The van der Waals surface area contributed by atoms with Gasteiger partial charge in [-0.2, -0.15) is 0 Å². The smallest absolute Gasteiger partial charge is 0.161 e. The second-order valence-electron chi connectivity index (χ2n) is 3.13. The molecule has 0 saturated carbocycles.